The summed E-state index contributed by atoms with van der Waals surface area (Å²) in [6.45, 7) is 3.79. The van der Waals surface area contributed by atoms with Gasteiger partial charge >= 0.3 is 6.36 Å². The summed E-state index contributed by atoms with van der Waals surface area (Å²) in [6, 6.07) is 6.38. The van der Waals surface area contributed by atoms with E-state index < -0.39 is 6.36 Å². The summed E-state index contributed by atoms with van der Waals surface area (Å²) >= 11 is 0. The third-order valence-electron chi connectivity index (χ3n) is 4.49. The first kappa shape index (κ1) is 20.2. The van der Waals surface area contributed by atoms with Gasteiger partial charge in [0.05, 0.1) is 0 Å². The monoisotopic (exact) mass is 396 g/mol. The molecule has 0 saturated heterocycles. The Bertz CT molecular complexity index is 814. The fourth-order valence-electron chi connectivity index (χ4n) is 3.11. The summed E-state index contributed by atoms with van der Waals surface area (Å²) in [5.74, 6) is 1.00. The fraction of sp³-hybridized carbons (Fsp3) is 0.474. The van der Waals surface area contributed by atoms with Gasteiger partial charge in [0.15, 0.2) is 0 Å². The van der Waals surface area contributed by atoms with Gasteiger partial charge in [0.2, 0.25) is 5.95 Å². The molecule has 152 valence electrons. The summed E-state index contributed by atoms with van der Waals surface area (Å²) in [5.41, 5.74) is 2.67. The highest BCUT2D eigenvalue weighted by Gasteiger charge is 2.31. The highest BCUT2D eigenvalue weighted by atomic mass is 19.4. The molecule has 0 aliphatic carbocycles. The lowest BCUT2D eigenvalue weighted by atomic mass is 9.99. The summed E-state index contributed by atoms with van der Waals surface area (Å²) < 4.78 is 41.5. The number of benzene rings is 1. The predicted octanol–water partition coefficient (Wildman–Crippen LogP) is 3.29. The molecule has 0 spiro atoms. The maximum atomic E-state index is 12.5. The zero-order valence-corrected chi connectivity index (χ0v) is 15.6. The second-order valence-corrected chi connectivity index (χ2v) is 6.55. The number of hydrogen-bond acceptors (Lipinski definition) is 6. The van der Waals surface area contributed by atoms with E-state index in [1.807, 2.05) is 17.9 Å². The molecule has 0 fully saturated rings. The number of rotatable bonds is 7. The van der Waals surface area contributed by atoms with E-state index in [0.717, 1.165) is 29.1 Å². The fourth-order valence-corrected chi connectivity index (χ4v) is 3.11. The molecule has 6 nitrogen and oxygen atoms in total. The molecule has 1 aromatic carbocycles. The highest BCUT2D eigenvalue weighted by molar-refractivity contribution is 5.49. The Morgan fingerprint density at radius 2 is 2.04 bits per heavy atom. The van der Waals surface area contributed by atoms with Crippen molar-refractivity contribution in [3.8, 4) is 5.75 Å². The van der Waals surface area contributed by atoms with Gasteiger partial charge in [0.1, 0.15) is 11.6 Å². The van der Waals surface area contributed by atoms with E-state index in [9.17, 15) is 13.2 Å². The molecule has 0 unspecified atom stereocenters. The van der Waals surface area contributed by atoms with Crippen LogP contribution in [0.4, 0.5) is 24.9 Å². The van der Waals surface area contributed by atoms with Crippen molar-refractivity contribution in [1.29, 1.82) is 0 Å². The van der Waals surface area contributed by atoms with Crippen LogP contribution in [-0.2, 0) is 19.4 Å². The molecule has 3 rings (SSSR count). The lowest BCUT2D eigenvalue weighted by Crippen LogP contribution is -2.31. The largest absolute Gasteiger partial charge is 0.573 e. The van der Waals surface area contributed by atoms with Gasteiger partial charge in [0.25, 0.3) is 0 Å². The SMILES string of the molecule is CCc1cc(N2CCc3ccc(OC(F)(F)F)cc3C2)nc(NCCCO)n1. The predicted molar refractivity (Wildman–Crippen MR) is 99.5 cm³/mol. The maximum absolute atomic E-state index is 12.5. The van der Waals surface area contributed by atoms with E-state index in [1.54, 1.807) is 6.07 Å². The third kappa shape index (κ3) is 5.25. The Morgan fingerprint density at radius 3 is 2.75 bits per heavy atom. The van der Waals surface area contributed by atoms with Crippen molar-refractivity contribution < 1.29 is 23.0 Å². The molecule has 1 aromatic heterocycles. The van der Waals surface area contributed by atoms with Gasteiger partial charge in [-0.3, -0.25) is 0 Å². The van der Waals surface area contributed by atoms with E-state index in [1.165, 1.54) is 12.1 Å². The van der Waals surface area contributed by atoms with Gasteiger partial charge in [-0.2, -0.15) is 4.98 Å². The lowest BCUT2D eigenvalue weighted by Gasteiger charge is -2.30. The molecule has 0 amide bonds. The van der Waals surface area contributed by atoms with Crippen LogP contribution in [0.5, 0.6) is 5.75 Å². The second-order valence-electron chi connectivity index (χ2n) is 6.55. The molecule has 0 saturated carbocycles. The van der Waals surface area contributed by atoms with Crippen LogP contribution in [0.15, 0.2) is 24.3 Å². The van der Waals surface area contributed by atoms with Gasteiger partial charge < -0.3 is 20.1 Å². The van der Waals surface area contributed by atoms with E-state index in [4.69, 9.17) is 5.11 Å². The summed E-state index contributed by atoms with van der Waals surface area (Å²) in [6.07, 6.45) is -2.67. The number of nitrogens with one attached hydrogen (secondary N) is 1. The Labute approximate surface area is 161 Å². The topological polar surface area (TPSA) is 70.5 Å². The first-order chi connectivity index (χ1) is 13.4. The van der Waals surface area contributed by atoms with Crippen LogP contribution in [0.1, 0.15) is 30.2 Å². The van der Waals surface area contributed by atoms with Crippen LogP contribution in [0.25, 0.3) is 0 Å². The maximum Gasteiger partial charge on any atom is 0.573 e. The normalized spacial score (nSPS) is 14.0. The van der Waals surface area contributed by atoms with Crippen molar-refractivity contribution >= 4 is 11.8 Å². The molecule has 1 aliphatic rings. The van der Waals surface area contributed by atoms with Crippen molar-refractivity contribution in [2.75, 3.05) is 29.9 Å². The Hall–Kier alpha value is -2.55. The second kappa shape index (κ2) is 8.64. The van der Waals surface area contributed by atoms with E-state index in [0.29, 0.717) is 38.4 Å². The Morgan fingerprint density at radius 1 is 1.21 bits per heavy atom. The number of ether oxygens (including phenoxy) is 1. The van der Waals surface area contributed by atoms with Crippen LogP contribution >= 0.6 is 0 Å². The summed E-state index contributed by atoms with van der Waals surface area (Å²) in [4.78, 5) is 11.0. The van der Waals surface area contributed by atoms with Crippen molar-refractivity contribution in [2.24, 2.45) is 0 Å². The van der Waals surface area contributed by atoms with E-state index in [2.05, 4.69) is 20.0 Å². The van der Waals surface area contributed by atoms with Crippen LogP contribution < -0.4 is 15.0 Å². The number of aryl methyl sites for hydroxylation is 1. The highest BCUT2D eigenvalue weighted by Crippen LogP contribution is 2.30. The standard InChI is InChI=1S/C19H23F3N4O2/c1-2-15-11-17(25-18(24-15)23-7-3-9-27)26-8-6-13-4-5-16(10-14(13)12-26)28-19(20,21)22/h4-5,10-11,27H,2-3,6-9,12H2,1H3,(H,23,24,25). The van der Waals surface area contributed by atoms with Gasteiger partial charge in [0, 0.05) is 38.0 Å². The molecule has 0 radical (unpaired) electrons. The first-order valence-electron chi connectivity index (χ1n) is 9.23. The van der Waals surface area contributed by atoms with Crippen molar-refractivity contribution in [3.63, 3.8) is 0 Å². The number of fused-ring (bicyclic) bond motifs is 1. The number of anilines is 2. The minimum absolute atomic E-state index is 0.0819. The van der Waals surface area contributed by atoms with Crippen molar-refractivity contribution in [2.45, 2.75) is 39.1 Å². The Kier molecular flexibility index (Phi) is 6.23. The summed E-state index contributed by atoms with van der Waals surface area (Å²) in [7, 11) is 0. The molecular formula is C19H23F3N4O2. The molecule has 9 heteroatoms. The minimum atomic E-state index is -4.71. The minimum Gasteiger partial charge on any atom is -0.406 e. The van der Waals surface area contributed by atoms with Crippen LogP contribution in [0.3, 0.4) is 0 Å². The molecule has 28 heavy (non-hydrogen) atoms. The van der Waals surface area contributed by atoms with E-state index >= 15 is 0 Å². The van der Waals surface area contributed by atoms with Crippen LogP contribution in [0.2, 0.25) is 0 Å². The number of aliphatic hydroxyl groups excluding tert-OH is 1. The van der Waals surface area contributed by atoms with Crippen molar-refractivity contribution in [1.82, 2.24) is 9.97 Å². The number of halogens is 3. The molecule has 1 aliphatic heterocycles. The third-order valence-corrected chi connectivity index (χ3v) is 4.49. The number of nitrogens with zero attached hydrogens (tertiary/aromatic N) is 3. The molecular weight excluding hydrogens is 373 g/mol. The van der Waals surface area contributed by atoms with Gasteiger partial charge in [-0.1, -0.05) is 13.0 Å². The summed E-state index contributed by atoms with van der Waals surface area (Å²) in [5, 5.41) is 12.0. The average Bonchev–Trinajstić information content (AvgIpc) is 2.66. The smallest absolute Gasteiger partial charge is 0.406 e. The van der Waals surface area contributed by atoms with Gasteiger partial charge in [-0.25, -0.2) is 4.98 Å². The van der Waals surface area contributed by atoms with Crippen molar-refractivity contribution in [3.05, 3.63) is 41.1 Å². The van der Waals surface area contributed by atoms with Crippen LogP contribution in [-0.4, -0.2) is 41.1 Å². The number of aromatic nitrogens is 2. The number of hydrogen-bond donors (Lipinski definition) is 2. The molecule has 2 heterocycles. The molecule has 2 N–H and O–H groups in total. The zero-order valence-electron chi connectivity index (χ0n) is 15.6. The zero-order chi connectivity index (χ0) is 20.1. The van der Waals surface area contributed by atoms with Crippen LogP contribution in [0, 0.1) is 0 Å². The average molecular weight is 396 g/mol. The molecule has 0 atom stereocenters. The van der Waals surface area contributed by atoms with Gasteiger partial charge in [-0.05, 0) is 42.5 Å². The number of alkyl halides is 3. The Balaban J connectivity index is 1.80. The molecule has 0 bridgehead atoms. The first-order valence-corrected chi connectivity index (χ1v) is 9.23. The lowest BCUT2D eigenvalue weighted by molar-refractivity contribution is -0.274. The van der Waals surface area contributed by atoms with Gasteiger partial charge in [-0.15, -0.1) is 13.2 Å². The molecule has 2 aromatic rings. The quantitative estimate of drug-likeness (QED) is 0.700. The number of aliphatic hydroxyl groups is 1. The van der Waals surface area contributed by atoms with E-state index in [-0.39, 0.29) is 12.4 Å².